The fourth-order valence-electron chi connectivity index (χ4n) is 2.16. The van der Waals surface area contributed by atoms with Crippen LogP contribution in [-0.4, -0.2) is 29.9 Å². The molecule has 0 aliphatic carbocycles. The summed E-state index contributed by atoms with van der Waals surface area (Å²) in [5, 5.41) is 8.56. The number of carboxylic acid groups (broad SMARTS) is 1. The maximum atomic E-state index is 13.9. The number of carbonyl (C=O) groups is 2. The van der Waals surface area contributed by atoms with E-state index in [9.17, 15) is 14.0 Å². The third kappa shape index (κ3) is 2.50. The van der Waals surface area contributed by atoms with E-state index in [1.54, 1.807) is 0 Å². The Labute approximate surface area is 104 Å². The van der Waals surface area contributed by atoms with E-state index in [1.165, 1.54) is 12.1 Å². The summed E-state index contributed by atoms with van der Waals surface area (Å²) in [6, 6.07) is 3.85. The largest absolute Gasteiger partial charge is 0.475 e. The van der Waals surface area contributed by atoms with Crippen LogP contribution in [0.5, 0.6) is 0 Å². The molecule has 0 saturated carbocycles. The summed E-state index contributed by atoms with van der Waals surface area (Å²) in [5.74, 6) is -3.19. The quantitative estimate of drug-likeness (QED) is 0.660. The lowest BCUT2D eigenvalue weighted by Gasteiger charge is -2.29. The molecule has 1 aliphatic heterocycles. The Morgan fingerprint density at radius 3 is 2.39 bits per heavy atom. The summed E-state index contributed by atoms with van der Waals surface area (Å²) in [7, 11) is 0. The van der Waals surface area contributed by atoms with Crippen molar-refractivity contribution < 1.29 is 19.1 Å². The predicted octanol–water partition coefficient (Wildman–Crippen LogP) is 2.08. The van der Waals surface area contributed by atoms with E-state index in [4.69, 9.17) is 5.11 Å². The Hall–Kier alpha value is -1.91. The molecular formula is C13H14FNO3. The molecule has 0 spiro atoms. The van der Waals surface area contributed by atoms with Gasteiger partial charge in [-0.1, -0.05) is 0 Å². The van der Waals surface area contributed by atoms with E-state index in [0.29, 0.717) is 5.69 Å². The van der Waals surface area contributed by atoms with Crippen LogP contribution in [-0.2, 0) is 4.79 Å². The van der Waals surface area contributed by atoms with E-state index >= 15 is 0 Å². The van der Waals surface area contributed by atoms with Crippen LogP contribution >= 0.6 is 0 Å². The summed E-state index contributed by atoms with van der Waals surface area (Å²) in [6.07, 6.45) is 3.19. The van der Waals surface area contributed by atoms with Gasteiger partial charge >= 0.3 is 5.97 Å². The minimum Gasteiger partial charge on any atom is -0.475 e. The first-order chi connectivity index (χ1) is 8.59. The lowest BCUT2D eigenvalue weighted by atomic mass is 10.1. The van der Waals surface area contributed by atoms with Crippen molar-refractivity contribution in [2.24, 2.45) is 0 Å². The monoisotopic (exact) mass is 251 g/mol. The Morgan fingerprint density at radius 1 is 1.17 bits per heavy atom. The van der Waals surface area contributed by atoms with Crippen molar-refractivity contribution in [1.29, 1.82) is 0 Å². The second-order valence-corrected chi connectivity index (χ2v) is 4.35. The minimum atomic E-state index is -1.57. The zero-order chi connectivity index (χ0) is 13.1. The van der Waals surface area contributed by atoms with Crippen LogP contribution in [0.4, 0.5) is 10.1 Å². The van der Waals surface area contributed by atoms with Gasteiger partial charge in [0.2, 0.25) is 0 Å². The van der Waals surface area contributed by atoms with E-state index in [0.717, 1.165) is 38.4 Å². The van der Waals surface area contributed by atoms with E-state index in [-0.39, 0.29) is 5.56 Å². The van der Waals surface area contributed by atoms with Crippen LogP contribution < -0.4 is 4.90 Å². The standard InChI is InChI=1S/C13H14FNO3/c14-10-8-9(12(16)13(17)18)4-5-11(10)15-6-2-1-3-7-15/h4-5,8H,1-3,6-7H2,(H,17,18). The number of hydrogen-bond donors (Lipinski definition) is 1. The van der Waals surface area contributed by atoms with Crippen molar-refractivity contribution in [3.8, 4) is 0 Å². The smallest absolute Gasteiger partial charge is 0.377 e. The van der Waals surface area contributed by atoms with E-state index in [1.807, 2.05) is 4.90 Å². The molecule has 1 N–H and O–H groups in total. The Balaban J connectivity index is 2.24. The number of ketones is 1. The highest BCUT2D eigenvalue weighted by atomic mass is 19.1. The molecule has 0 unspecified atom stereocenters. The normalized spacial score (nSPS) is 15.5. The van der Waals surface area contributed by atoms with Crippen LogP contribution in [0.1, 0.15) is 29.6 Å². The lowest BCUT2D eigenvalue weighted by molar-refractivity contribution is -0.131. The molecule has 0 amide bonds. The summed E-state index contributed by atoms with van der Waals surface area (Å²) >= 11 is 0. The fraction of sp³-hybridized carbons (Fsp3) is 0.385. The van der Waals surface area contributed by atoms with E-state index in [2.05, 4.69) is 0 Å². The van der Waals surface area contributed by atoms with Gasteiger partial charge in [0.05, 0.1) is 5.69 Å². The number of Topliss-reactive ketones (excluding diaryl/α,β-unsaturated/α-hetero) is 1. The Kier molecular flexibility index (Phi) is 3.60. The third-order valence-electron chi connectivity index (χ3n) is 3.10. The molecule has 1 fully saturated rings. The van der Waals surface area contributed by atoms with Crippen molar-refractivity contribution in [3.63, 3.8) is 0 Å². The topological polar surface area (TPSA) is 57.6 Å². The van der Waals surface area contributed by atoms with Gasteiger partial charge in [0.1, 0.15) is 5.82 Å². The summed E-state index contributed by atoms with van der Waals surface area (Å²) in [4.78, 5) is 23.6. The molecule has 18 heavy (non-hydrogen) atoms. The minimum absolute atomic E-state index is 0.124. The molecule has 0 radical (unpaired) electrons. The van der Waals surface area contributed by atoms with Gasteiger partial charge in [-0.05, 0) is 37.5 Å². The number of halogens is 1. The molecule has 2 rings (SSSR count). The second-order valence-electron chi connectivity index (χ2n) is 4.35. The number of hydrogen-bond acceptors (Lipinski definition) is 3. The highest BCUT2D eigenvalue weighted by Gasteiger charge is 2.19. The van der Waals surface area contributed by atoms with Crippen molar-refractivity contribution >= 4 is 17.4 Å². The molecule has 5 heteroatoms. The van der Waals surface area contributed by atoms with Gasteiger partial charge in [-0.15, -0.1) is 0 Å². The van der Waals surface area contributed by atoms with E-state index < -0.39 is 17.6 Å². The van der Waals surface area contributed by atoms with Gasteiger partial charge in [-0.3, -0.25) is 4.79 Å². The molecule has 1 aromatic rings. The molecule has 96 valence electrons. The molecule has 1 saturated heterocycles. The van der Waals surface area contributed by atoms with Gasteiger partial charge < -0.3 is 10.0 Å². The number of benzene rings is 1. The van der Waals surface area contributed by atoms with Crippen molar-refractivity contribution in [2.75, 3.05) is 18.0 Å². The van der Waals surface area contributed by atoms with Gasteiger partial charge in [0, 0.05) is 18.7 Å². The van der Waals surface area contributed by atoms with Gasteiger partial charge in [0.25, 0.3) is 5.78 Å². The second kappa shape index (κ2) is 5.16. The molecule has 1 heterocycles. The van der Waals surface area contributed by atoms with Gasteiger partial charge in [-0.2, -0.15) is 0 Å². The van der Waals surface area contributed by atoms with Crippen molar-refractivity contribution in [1.82, 2.24) is 0 Å². The number of piperidine rings is 1. The zero-order valence-electron chi connectivity index (χ0n) is 9.86. The zero-order valence-corrected chi connectivity index (χ0v) is 9.86. The molecule has 0 bridgehead atoms. The van der Waals surface area contributed by atoms with Crippen LogP contribution in [0, 0.1) is 5.82 Å². The SMILES string of the molecule is O=C(O)C(=O)c1ccc(N2CCCCC2)c(F)c1. The van der Waals surface area contributed by atoms with Crippen LogP contribution in [0.25, 0.3) is 0 Å². The molecule has 4 nitrogen and oxygen atoms in total. The maximum Gasteiger partial charge on any atom is 0.377 e. The number of carboxylic acids is 1. The number of aliphatic carboxylic acids is 1. The average Bonchev–Trinajstić information content (AvgIpc) is 2.38. The first-order valence-corrected chi connectivity index (χ1v) is 5.91. The third-order valence-corrected chi connectivity index (χ3v) is 3.10. The van der Waals surface area contributed by atoms with Gasteiger partial charge in [0.15, 0.2) is 0 Å². The fourth-order valence-corrected chi connectivity index (χ4v) is 2.16. The van der Waals surface area contributed by atoms with Crippen molar-refractivity contribution in [2.45, 2.75) is 19.3 Å². The van der Waals surface area contributed by atoms with Crippen LogP contribution in [0.2, 0.25) is 0 Å². The molecule has 1 aromatic carbocycles. The van der Waals surface area contributed by atoms with Crippen LogP contribution in [0.15, 0.2) is 18.2 Å². The van der Waals surface area contributed by atoms with Crippen LogP contribution in [0.3, 0.4) is 0 Å². The molecule has 0 aromatic heterocycles. The summed E-state index contributed by atoms with van der Waals surface area (Å²) < 4.78 is 13.9. The Morgan fingerprint density at radius 2 is 1.83 bits per heavy atom. The number of nitrogens with zero attached hydrogens (tertiary/aromatic N) is 1. The number of rotatable bonds is 3. The summed E-state index contributed by atoms with van der Waals surface area (Å²) in [5.41, 5.74) is 0.317. The molecular weight excluding hydrogens is 237 g/mol. The van der Waals surface area contributed by atoms with Crippen molar-refractivity contribution in [3.05, 3.63) is 29.6 Å². The Bertz CT molecular complexity index is 481. The number of carbonyl (C=O) groups excluding carboxylic acids is 1. The lowest BCUT2D eigenvalue weighted by Crippen LogP contribution is -2.30. The van der Waals surface area contributed by atoms with Gasteiger partial charge in [-0.25, -0.2) is 9.18 Å². The maximum absolute atomic E-state index is 13.9. The first-order valence-electron chi connectivity index (χ1n) is 5.91. The number of anilines is 1. The molecule has 1 aliphatic rings. The highest BCUT2D eigenvalue weighted by Crippen LogP contribution is 2.24. The average molecular weight is 251 g/mol. The molecule has 0 atom stereocenters. The first kappa shape index (κ1) is 12.5. The predicted molar refractivity (Wildman–Crippen MR) is 64.4 cm³/mol. The summed E-state index contributed by atoms with van der Waals surface area (Å²) in [6.45, 7) is 1.59. The highest BCUT2D eigenvalue weighted by molar-refractivity contribution is 6.39.